The summed E-state index contributed by atoms with van der Waals surface area (Å²) in [7, 11) is 0. The Morgan fingerprint density at radius 3 is 2.75 bits per heavy atom. The van der Waals surface area contributed by atoms with Crippen LogP contribution in [-0.4, -0.2) is 22.0 Å². The van der Waals surface area contributed by atoms with Gasteiger partial charge in [0.2, 0.25) is 5.91 Å². The number of esters is 1. The molecule has 0 spiro atoms. The first-order valence-electron chi connectivity index (χ1n) is 8.32. The Morgan fingerprint density at radius 2 is 2.04 bits per heavy atom. The van der Waals surface area contributed by atoms with Crippen LogP contribution in [0.2, 0.25) is 0 Å². The van der Waals surface area contributed by atoms with Crippen molar-refractivity contribution < 1.29 is 19.4 Å². The van der Waals surface area contributed by atoms with E-state index in [9.17, 15) is 14.7 Å². The number of aryl methyl sites for hydroxylation is 1. The molecule has 6 nitrogen and oxygen atoms in total. The van der Waals surface area contributed by atoms with Gasteiger partial charge in [0.1, 0.15) is 17.9 Å². The number of hydrogen-bond donors (Lipinski definition) is 1. The molecule has 144 valence electrons. The summed E-state index contributed by atoms with van der Waals surface area (Å²) in [5.41, 5.74) is 2.34. The Labute approximate surface area is 174 Å². The Bertz CT molecular complexity index is 1030. The van der Waals surface area contributed by atoms with E-state index in [2.05, 4.69) is 20.9 Å². The smallest absolute Gasteiger partial charge is 0.342 e. The number of anilines is 2. The molecule has 8 heteroatoms. The second kappa shape index (κ2) is 8.53. The number of carbonyl (C=O) groups excluding carboxylic acids is 2. The van der Waals surface area contributed by atoms with Gasteiger partial charge in [0, 0.05) is 16.8 Å². The van der Waals surface area contributed by atoms with Crippen LogP contribution in [0.5, 0.6) is 5.75 Å². The van der Waals surface area contributed by atoms with Crippen LogP contribution in [0.4, 0.5) is 10.8 Å². The van der Waals surface area contributed by atoms with E-state index in [4.69, 9.17) is 4.74 Å². The summed E-state index contributed by atoms with van der Waals surface area (Å²) in [6.07, 6.45) is 0. The zero-order chi connectivity index (χ0) is 20.3. The number of hydrogen-bond acceptors (Lipinski definition) is 6. The Morgan fingerprint density at radius 1 is 1.25 bits per heavy atom. The minimum Gasteiger partial charge on any atom is -0.507 e. The number of phenolic OH excluding ortho intramolecular Hbond substituents is 1. The fourth-order valence-corrected chi connectivity index (χ4v) is 3.78. The number of phenols is 1. The zero-order valence-electron chi connectivity index (χ0n) is 15.2. The molecule has 0 fully saturated rings. The molecule has 0 radical (unpaired) electrons. The average Bonchev–Trinajstić information content (AvgIpc) is 3.10. The van der Waals surface area contributed by atoms with Crippen LogP contribution in [0.3, 0.4) is 0 Å². The third-order valence-corrected chi connectivity index (χ3v) is 5.20. The summed E-state index contributed by atoms with van der Waals surface area (Å²) < 4.78 is 5.91. The number of rotatable bonds is 5. The lowest BCUT2D eigenvalue weighted by Crippen LogP contribution is -2.22. The molecule has 1 aromatic heterocycles. The number of aromatic hydroxyl groups is 1. The summed E-state index contributed by atoms with van der Waals surface area (Å²) in [5.74, 6) is -0.979. The SMILES string of the molecule is CC(=O)N(c1cccc(C)c1)c1nc(COC(=O)c2cc(Br)ccc2O)cs1. The van der Waals surface area contributed by atoms with Gasteiger partial charge >= 0.3 is 5.97 Å². The highest BCUT2D eigenvalue weighted by molar-refractivity contribution is 9.10. The molecule has 1 amide bonds. The molecule has 0 aliphatic rings. The van der Waals surface area contributed by atoms with Gasteiger partial charge in [0.15, 0.2) is 5.13 Å². The van der Waals surface area contributed by atoms with Gasteiger partial charge in [-0.1, -0.05) is 28.1 Å². The predicted molar refractivity (Wildman–Crippen MR) is 111 cm³/mol. The number of ether oxygens (including phenoxy) is 1. The maximum Gasteiger partial charge on any atom is 0.342 e. The second-order valence-electron chi connectivity index (χ2n) is 6.05. The highest BCUT2D eigenvalue weighted by atomic mass is 79.9. The molecule has 28 heavy (non-hydrogen) atoms. The summed E-state index contributed by atoms with van der Waals surface area (Å²) in [6, 6.07) is 12.1. The summed E-state index contributed by atoms with van der Waals surface area (Å²) in [4.78, 5) is 30.3. The number of benzene rings is 2. The van der Waals surface area contributed by atoms with Crippen molar-refractivity contribution in [2.24, 2.45) is 0 Å². The van der Waals surface area contributed by atoms with Gasteiger partial charge in [-0.2, -0.15) is 0 Å². The van der Waals surface area contributed by atoms with Gasteiger partial charge in [-0.3, -0.25) is 9.69 Å². The first-order chi connectivity index (χ1) is 13.3. The summed E-state index contributed by atoms with van der Waals surface area (Å²) in [5, 5.41) is 12.0. The topological polar surface area (TPSA) is 79.7 Å². The van der Waals surface area contributed by atoms with Crippen molar-refractivity contribution >= 4 is 50.0 Å². The van der Waals surface area contributed by atoms with E-state index in [1.54, 1.807) is 11.4 Å². The number of amides is 1. The first kappa shape index (κ1) is 20.0. The third-order valence-electron chi connectivity index (χ3n) is 3.84. The Balaban J connectivity index is 1.75. The summed E-state index contributed by atoms with van der Waals surface area (Å²) >= 11 is 4.54. The van der Waals surface area contributed by atoms with E-state index < -0.39 is 5.97 Å². The number of aromatic nitrogens is 1. The fraction of sp³-hybridized carbons (Fsp3) is 0.150. The van der Waals surface area contributed by atoms with Crippen LogP contribution in [0.15, 0.2) is 52.3 Å². The number of thiazole rings is 1. The largest absolute Gasteiger partial charge is 0.507 e. The molecule has 0 saturated heterocycles. The van der Waals surface area contributed by atoms with Gasteiger partial charge in [-0.05, 0) is 42.8 Å². The number of halogens is 1. The molecule has 0 bridgehead atoms. The van der Waals surface area contributed by atoms with Gasteiger partial charge in [0.05, 0.1) is 11.4 Å². The van der Waals surface area contributed by atoms with Crippen molar-refractivity contribution in [2.45, 2.75) is 20.5 Å². The lowest BCUT2D eigenvalue weighted by molar-refractivity contribution is -0.115. The van der Waals surface area contributed by atoms with E-state index in [-0.39, 0.29) is 23.8 Å². The minimum atomic E-state index is -0.657. The molecule has 0 aliphatic carbocycles. The Hall–Kier alpha value is -2.71. The molecular weight excluding hydrogens is 444 g/mol. The van der Waals surface area contributed by atoms with Crippen molar-refractivity contribution in [3.05, 3.63) is 69.1 Å². The molecule has 0 aliphatic heterocycles. The minimum absolute atomic E-state index is 0.0648. The maximum absolute atomic E-state index is 12.2. The predicted octanol–water partition coefficient (Wildman–Crippen LogP) is 4.96. The molecule has 3 aromatic rings. The number of carbonyl (C=O) groups is 2. The van der Waals surface area contributed by atoms with Crippen LogP contribution in [-0.2, 0) is 16.1 Å². The maximum atomic E-state index is 12.2. The zero-order valence-corrected chi connectivity index (χ0v) is 17.6. The van der Waals surface area contributed by atoms with Crippen molar-refractivity contribution in [1.29, 1.82) is 0 Å². The van der Waals surface area contributed by atoms with E-state index in [0.717, 1.165) is 11.3 Å². The van der Waals surface area contributed by atoms with Crippen molar-refractivity contribution in [2.75, 3.05) is 4.90 Å². The molecule has 3 rings (SSSR count). The van der Waals surface area contributed by atoms with Crippen molar-refractivity contribution in [3.63, 3.8) is 0 Å². The van der Waals surface area contributed by atoms with Gasteiger partial charge < -0.3 is 9.84 Å². The van der Waals surface area contributed by atoms with Crippen LogP contribution in [0.25, 0.3) is 0 Å². The molecular formula is C20H17BrN2O4S. The Kier molecular flexibility index (Phi) is 6.11. The van der Waals surface area contributed by atoms with Crippen molar-refractivity contribution in [3.8, 4) is 5.75 Å². The molecule has 1 heterocycles. The number of nitrogens with zero attached hydrogens (tertiary/aromatic N) is 2. The standard InChI is InChI=1S/C20H17BrN2O4S/c1-12-4-3-5-16(8-12)23(13(2)24)20-22-15(11-28-20)10-27-19(26)17-9-14(21)6-7-18(17)25/h3-9,11,25H,10H2,1-2H3. The monoisotopic (exact) mass is 460 g/mol. The van der Waals surface area contributed by atoms with Crippen LogP contribution >= 0.6 is 27.3 Å². The van der Waals surface area contributed by atoms with Crippen molar-refractivity contribution in [1.82, 2.24) is 4.98 Å². The third kappa shape index (κ3) is 4.58. The molecule has 2 aromatic carbocycles. The lowest BCUT2D eigenvalue weighted by atomic mass is 10.2. The normalized spacial score (nSPS) is 10.5. The lowest BCUT2D eigenvalue weighted by Gasteiger charge is -2.18. The van der Waals surface area contributed by atoms with E-state index >= 15 is 0 Å². The van der Waals surface area contributed by atoms with Crippen LogP contribution < -0.4 is 4.90 Å². The quantitative estimate of drug-likeness (QED) is 0.544. The summed E-state index contributed by atoms with van der Waals surface area (Å²) in [6.45, 7) is 3.35. The molecule has 0 atom stereocenters. The molecule has 0 saturated carbocycles. The van der Waals surface area contributed by atoms with Crippen LogP contribution in [0.1, 0.15) is 28.5 Å². The van der Waals surface area contributed by atoms with Crippen LogP contribution in [0, 0.1) is 6.92 Å². The van der Waals surface area contributed by atoms with Gasteiger partial charge in [0.25, 0.3) is 0 Å². The van der Waals surface area contributed by atoms with Gasteiger partial charge in [-0.25, -0.2) is 9.78 Å². The van der Waals surface area contributed by atoms with E-state index in [1.807, 2.05) is 31.2 Å². The fourth-order valence-electron chi connectivity index (χ4n) is 2.55. The average molecular weight is 461 g/mol. The van der Waals surface area contributed by atoms with E-state index in [1.165, 1.54) is 35.3 Å². The first-order valence-corrected chi connectivity index (χ1v) is 10.00. The molecule has 1 N–H and O–H groups in total. The van der Waals surface area contributed by atoms with E-state index in [0.29, 0.717) is 15.3 Å². The second-order valence-corrected chi connectivity index (χ2v) is 7.80. The highest BCUT2D eigenvalue weighted by Gasteiger charge is 2.19. The van der Waals surface area contributed by atoms with Gasteiger partial charge in [-0.15, -0.1) is 11.3 Å². The highest BCUT2D eigenvalue weighted by Crippen LogP contribution is 2.30. The molecule has 0 unspecified atom stereocenters.